The van der Waals surface area contributed by atoms with Crippen molar-refractivity contribution in [2.24, 2.45) is 11.8 Å². The number of hydrogen-bond donors (Lipinski definition) is 0. The first-order chi connectivity index (χ1) is 6.31. The lowest BCUT2D eigenvalue weighted by Crippen LogP contribution is -2.23. The van der Waals surface area contributed by atoms with E-state index in [0.717, 1.165) is 18.8 Å². The number of hydrogen-bond acceptors (Lipinski definition) is 1. The van der Waals surface area contributed by atoms with Crippen LogP contribution in [0.2, 0.25) is 0 Å². The molecule has 0 saturated heterocycles. The van der Waals surface area contributed by atoms with Crippen molar-refractivity contribution in [3.63, 3.8) is 0 Å². The minimum absolute atomic E-state index is 0.313. The minimum Gasteiger partial charge on any atom is -0.295 e. The van der Waals surface area contributed by atoms with E-state index in [0.29, 0.717) is 11.7 Å². The summed E-state index contributed by atoms with van der Waals surface area (Å²) in [5.74, 6) is 1.77. The Kier molecular flexibility index (Phi) is 2.34. The van der Waals surface area contributed by atoms with Crippen LogP contribution in [0.3, 0.4) is 0 Å². The van der Waals surface area contributed by atoms with Crippen LogP contribution in [0.25, 0.3) is 0 Å². The Morgan fingerprint density at radius 3 is 3.15 bits per heavy atom. The molecule has 1 nitrogen and oxygen atoms in total. The molecule has 0 radical (unpaired) electrons. The smallest absolute Gasteiger partial charge is 0.155 e. The number of fused-ring (bicyclic) bond motifs is 1. The zero-order chi connectivity index (χ0) is 9.26. The van der Waals surface area contributed by atoms with E-state index in [1.165, 1.54) is 18.4 Å². The lowest BCUT2D eigenvalue weighted by molar-refractivity contribution is -0.115. The molecule has 0 amide bonds. The van der Waals surface area contributed by atoms with Gasteiger partial charge in [-0.15, -0.1) is 0 Å². The monoisotopic (exact) mass is 176 g/mol. The summed E-state index contributed by atoms with van der Waals surface area (Å²) in [6.45, 7) is 2.25. The van der Waals surface area contributed by atoms with Gasteiger partial charge in [0.25, 0.3) is 0 Å². The van der Waals surface area contributed by atoms with Gasteiger partial charge in [0.1, 0.15) is 0 Å². The molecule has 13 heavy (non-hydrogen) atoms. The van der Waals surface area contributed by atoms with Crippen LogP contribution in [0.5, 0.6) is 0 Å². The van der Waals surface area contributed by atoms with Gasteiger partial charge in [-0.2, -0.15) is 0 Å². The number of carbonyl (C=O) groups excluding carboxylic acids is 1. The van der Waals surface area contributed by atoms with Crippen LogP contribution in [0.4, 0.5) is 0 Å². The molecular formula is C12H16O. The van der Waals surface area contributed by atoms with E-state index in [-0.39, 0.29) is 0 Å². The second kappa shape index (κ2) is 3.49. The second-order valence-electron chi connectivity index (χ2n) is 4.06. The molecule has 2 aliphatic rings. The standard InChI is InChI=1S/C12H16O/c1-2-9-4-3-5-10-8-11(13)6-7-12(9)10/h3,5,8-9,12H,2,4,6-7H2,1H3. The van der Waals surface area contributed by atoms with E-state index in [4.69, 9.17) is 0 Å². The SMILES string of the molecule is CCC1CC=CC2=CC(=O)CCC21. The highest BCUT2D eigenvalue weighted by Gasteiger charge is 2.28. The fraction of sp³-hybridized carbons (Fsp3) is 0.583. The maximum absolute atomic E-state index is 11.2. The summed E-state index contributed by atoms with van der Waals surface area (Å²) in [5.41, 5.74) is 1.29. The van der Waals surface area contributed by atoms with Crippen LogP contribution in [0, 0.1) is 11.8 Å². The summed E-state index contributed by atoms with van der Waals surface area (Å²) in [6, 6.07) is 0. The molecule has 0 aromatic carbocycles. The Hall–Kier alpha value is -0.850. The summed E-state index contributed by atoms with van der Waals surface area (Å²) < 4.78 is 0. The molecule has 0 fully saturated rings. The van der Waals surface area contributed by atoms with E-state index in [2.05, 4.69) is 19.1 Å². The molecule has 2 aliphatic carbocycles. The van der Waals surface area contributed by atoms with Crippen LogP contribution in [-0.4, -0.2) is 5.78 Å². The average molecular weight is 176 g/mol. The van der Waals surface area contributed by atoms with Crippen molar-refractivity contribution in [2.75, 3.05) is 0 Å². The van der Waals surface area contributed by atoms with Gasteiger partial charge in [-0.1, -0.05) is 25.5 Å². The van der Waals surface area contributed by atoms with Crippen molar-refractivity contribution in [3.8, 4) is 0 Å². The Bertz CT molecular complexity index is 273. The Labute approximate surface area is 79.5 Å². The first kappa shape index (κ1) is 8.74. The topological polar surface area (TPSA) is 17.1 Å². The molecule has 0 N–H and O–H groups in total. The van der Waals surface area contributed by atoms with Crippen molar-refractivity contribution >= 4 is 5.78 Å². The fourth-order valence-corrected chi connectivity index (χ4v) is 2.50. The molecular weight excluding hydrogens is 160 g/mol. The van der Waals surface area contributed by atoms with Gasteiger partial charge < -0.3 is 0 Å². The lowest BCUT2D eigenvalue weighted by atomic mass is 9.73. The fourth-order valence-electron chi connectivity index (χ4n) is 2.50. The van der Waals surface area contributed by atoms with Crippen molar-refractivity contribution in [3.05, 3.63) is 23.8 Å². The van der Waals surface area contributed by atoms with Gasteiger partial charge in [0.05, 0.1) is 0 Å². The van der Waals surface area contributed by atoms with Gasteiger partial charge in [-0.3, -0.25) is 4.79 Å². The van der Waals surface area contributed by atoms with Crippen molar-refractivity contribution < 1.29 is 4.79 Å². The maximum Gasteiger partial charge on any atom is 0.155 e. The van der Waals surface area contributed by atoms with Gasteiger partial charge in [0.2, 0.25) is 0 Å². The first-order valence-electron chi connectivity index (χ1n) is 5.22. The Balaban J connectivity index is 2.26. The molecule has 0 bridgehead atoms. The van der Waals surface area contributed by atoms with E-state index < -0.39 is 0 Å². The number of rotatable bonds is 1. The molecule has 0 aromatic heterocycles. The largest absolute Gasteiger partial charge is 0.295 e. The van der Waals surface area contributed by atoms with Crippen LogP contribution in [-0.2, 0) is 4.79 Å². The highest BCUT2D eigenvalue weighted by Crippen LogP contribution is 2.37. The predicted molar refractivity (Wildman–Crippen MR) is 53.4 cm³/mol. The first-order valence-corrected chi connectivity index (χ1v) is 5.22. The summed E-state index contributed by atoms with van der Waals surface area (Å²) in [4.78, 5) is 11.2. The number of ketones is 1. The van der Waals surface area contributed by atoms with Gasteiger partial charge in [0.15, 0.2) is 5.78 Å². The average Bonchev–Trinajstić information content (AvgIpc) is 2.16. The van der Waals surface area contributed by atoms with Crippen LogP contribution < -0.4 is 0 Å². The minimum atomic E-state index is 0.313. The third-order valence-electron chi connectivity index (χ3n) is 3.30. The molecule has 0 spiro atoms. The summed E-state index contributed by atoms with van der Waals surface area (Å²) in [6.07, 6.45) is 10.5. The molecule has 2 rings (SSSR count). The number of carbonyl (C=O) groups is 1. The maximum atomic E-state index is 11.2. The van der Waals surface area contributed by atoms with E-state index in [1.54, 1.807) is 0 Å². The predicted octanol–water partition coefficient (Wildman–Crippen LogP) is 2.88. The zero-order valence-electron chi connectivity index (χ0n) is 8.12. The molecule has 0 heterocycles. The van der Waals surface area contributed by atoms with Gasteiger partial charge in [-0.25, -0.2) is 0 Å². The van der Waals surface area contributed by atoms with Gasteiger partial charge >= 0.3 is 0 Å². The van der Waals surface area contributed by atoms with Crippen molar-refractivity contribution in [1.82, 2.24) is 0 Å². The molecule has 2 atom stereocenters. The lowest BCUT2D eigenvalue weighted by Gasteiger charge is -2.32. The highest BCUT2D eigenvalue weighted by molar-refractivity contribution is 5.91. The molecule has 0 saturated carbocycles. The van der Waals surface area contributed by atoms with Crippen molar-refractivity contribution in [1.29, 1.82) is 0 Å². The zero-order valence-corrected chi connectivity index (χ0v) is 8.12. The number of allylic oxidation sites excluding steroid dienone is 4. The third-order valence-corrected chi connectivity index (χ3v) is 3.30. The Morgan fingerprint density at radius 2 is 2.38 bits per heavy atom. The van der Waals surface area contributed by atoms with Crippen LogP contribution in [0.15, 0.2) is 23.8 Å². The Morgan fingerprint density at radius 1 is 1.54 bits per heavy atom. The van der Waals surface area contributed by atoms with E-state index in [1.807, 2.05) is 6.08 Å². The normalized spacial score (nSPS) is 32.7. The van der Waals surface area contributed by atoms with Gasteiger partial charge in [-0.05, 0) is 36.3 Å². The second-order valence-corrected chi connectivity index (χ2v) is 4.06. The van der Waals surface area contributed by atoms with Gasteiger partial charge in [0, 0.05) is 6.42 Å². The summed E-state index contributed by atoms with van der Waals surface area (Å²) in [7, 11) is 0. The molecule has 2 unspecified atom stereocenters. The summed E-state index contributed by atoms with van der Waals surface area (Å²) in [5, 5.41) is 0. The molecule has 1 heteroatoms. The summed E-state index contributed by atoms with van der Waals surface area (Å²) >= 11 is 0. The van der Waals surface area contributed by atoms with Crippen LogP contribution >= 0.6 is 0 Å². The quantitative estimate of drug-likeness (QED) is 0.600. The van der Waals surface area contributed by atoms with E-state index in [9.17, 15) is 4.79 Å². The van der Waals surface area contributed by atoms with Crippen molar-refractivity contribution in [2.45, 2.75) is 32.6 Å². The molecule has 0 aliphatic heterocycles. The third kappa shape index (κ3) is 1.60. The molecule has 0 aromatic rings. The van der Waals surface area contributed by atoms with Crippen LogP contribution in [0.1, 0.15) is 32.6 Å². The highest BCUT2D eigenvalue weighted by atomic mass is 16.1. The van der Waals surface area contributed by atoms with E-state index >= 15 is 0 Å². The molecule has 70 valence electrons.